The summed E-state index contributed by atoms with van der Waals surface area (Å²) < 4.78 is 4.83. The highest BCUT2D eigenvalue weighted by molar-refractivity contribution is 5.92. The van der Waals surface area contributed by atoms with E-state index in [1.54, 1.807) is 11.8 Å². The van der Waals surface area contributed by atoms with Gasteiger partial charge in [-0.15, -0.1) is 13.2 Å². The van der Waals surface area contributed by atoms with E-state index in [1.807, 2.05) is 39.0 Å². The Labute approximate surface area is 191 Å². The molecule has 3 aliphatic rings. The Morgan fingerprint density at radius 1 is 1.16 bits per heavy atom. The van der Waals surface area contributed by atoms with Crippen molar-refractivity contribution in [3.63, 3.8) is 0 Å². The van der Waals surface area contributed by atoms with Crippen molar-refractivity contribution in [2.75, 3.05) is 0 Å². The van der Waals surface area contributed by atoms with Gasteiger partial charge < -0.3 is 4.42 Å². The normalized spacial score (nSPS) is 27.9. The van der Waals surface area contributed by atoms with Gasteiger partial charge in [-0.05, 0) is 74.5 Å². The molecule has 31 heavy (non-hydrogen) atoms. The molecule has 2 nitrogen and oxygen atoms in total. The number of carbonyl (C=O) groups is 1. The number of carbonyl (C=O) groups excluding carboxylic acids is 1. The molecule has 3 atom stereocenters. The summed E-state index contributed by atoms with van der Waals surface area (Å²) in [6, 6.07) is 3.79. The number of aryl methyl sites for hydroxylation is 1. The predicted molar refractivity (Wildman–Crippen MR) is 134 cm³/mol. The summed E-state index contributed by atoms with van der Waals surface area (Å²) in [6.45, 7) is 21.6. The van der Waals surface area contributed by atoms with Gasteiger partial charge >= 0.3 is 0 Å². The van der Waals surface area contributed by atoms with Crippen molar-refractivity contribution < 1.29 is 9.21 Å². The zero-order valence-electron chi connectivity index (χ0n) is 21.2. The topological polar surface area (TPSA) is 30.2 Å². The monoisotopic (exact) mass is 426 g/mol. The molecule has 1 saturated carbocycles. The summed E-state index contributed by atoms with van der Waals surface area (Å²) in [7, 11) is 0. The molecular formula is C29H46O2. The fourth-order valence-corrected chi connectivity index (χ4v) is 5.64. The first-order chi connectivity index (χ1) is 14.8. The van der Waals surface area contributed by atoms with Crippen LogP contribution < -0.4 is 0 Å². The van der Waals surface area contributed by atoms with E-state index < -0.39 is 0 Å². The van der Waals surface area contributed by atoms with Gasteiger partial charge in [-0.1, -0.05) is 65.2 Å². The highest BCUT2D eigenvalue weighted by atomic mass is 16.3. The second kappa shape index (κ2) is 12.3. The zero-order chi connectivity index (χ0) is 23.7. The lowest BCUT2D eigenvalue weighted by atomic mass is 9.51. The Bertz CT molecular complexity index is 735. The van der Waals surface area contributed by atoms with E-state index in [0.29, 0.717) is 11.2 Å². The standard InChI is InChI=1S/C20H30O.C5H6O.C2H6.C2H4/c1-5-6-17-16-8-7-14-13-15(21)9-12-20(14,4)18(16)10-11-19(17,2)3;1-5-3-2-4-6-5;2*1-2/h10,13,16-17H,5-9,11-12H2,1-4H3;2-4H,1H3;1-2H3;1-2H2/t16?,17?,20-;;;/m0.../s1. The van der Waals surface area contributed by atoms with Gasteiger partial charge in [0.25, 0.3) is 0 Å². The largest absolute Gasteiger partial charge is 0.470 e. The lowest BCUT2D eigenvalue weighted by Crippen LogP contribution is -2.43. The van der Waals surface area contributed by atoms with E-state index in [2.05, 4.69) is 46.9 Å². The van der Waals surface area contributed by atoms with E-state index in [0.717, 1.165) is 36.9 Å². The molecule has 2 heteroatoms. The predicted octanol–water partition coefficient (Wildman–Crippen LogP) is 8.88. The Balaban J connectivity index is 0.000000404. The zero-order valence-corrected chi connectivity index (χ0v) is 21.2. The third-order valence-corrected chi connectivity index (χ3v) is 7.28. The van der Waals surface area contributed by atoms with Gasteiger partial charge in [0.1, 0.15) is 5.76 Å². The summed E-state index contributed by atoms with van der Waals surface area (Å²) in [4.78, 5) is 11.8. The smallest absolute Gasteiger partial charge is 0.155 e. The maximum absolute atomic E-state index is 11.8. The molecule has 1 fully saturated rings. The first kappa shape index (κ1) is 27.2. The molecule has 0 saturated heterocycles. The summed E-state index contributed by atoms with van der Waals surface area (Å²) >= 11 is 0. The highest BCUT2D eigenvalue weighted by Gasteiger charge is 2.49. The summed E-state index contributed by atoms with van der Waals surface area (Å²) in [6.07, 6.45) is 14.2. The van der Waals surface area contributed by atoms with Crippen LogP contribution in [0.4, 0.5) is 0 Å². The van der Waals surface area contributed by atoms with Crippen molar-refractivity contribution in [2.45, 2.75) is 93.4 Å². The number of hydrogen-bond donors (Lipinski definition) is 0. The van der Waals surface area contributed by atoms with E-state index in [9.17, 15) is 4.79 Å². The Morgan fingerprint density at radius 3 is 2.35 bits per heavy atom. The van der Waals surface area contributed by atoms with Crippen LogP contribution in [0.25, 0.3) is 0 Å². The molecular weight excluding hydrogens is 380 g/mol. The number of fused-ring (bicyclic) bond motifs is 3. The van der Waals surface area contributed by atoms with Gasteiger partial charge in [0.2, 0.25) is 0 Å². The van der Waals surface area contributed by atoms with Crippen molar-refractivity contribution in [3.05, 3.63) is 60.6 Å². The number of ketones is 1. The van der Waals surface area contributed by atoms with Gasteiger partial charge in [0.05, 0.1) is 6.26 Å². The van der Waals surface area contributed by atoms with Gasteiger partial charge in [-0.25, -0.2) is 0 Å². The van der Waals surface area contributed by atoms with E-state index in [-0.39, 0.29) is 5.41 Å². The fourth-order valence-electron chi connectivity index (χ4n) is 5.64. The SMILES string of the molecule is C=C.CC.CCCC1C2CCC3=CC(=O)CC[C@]3(C)C2=CCC1(C)C.Cc1ccco1. The van der Waals surface area contributed by atoms with E-state index in [4.69, 9.17) is 4.42 Å². The van der Waals surface area contributed by atoms with Crippen LogP contribution in [0.15, 0.2) is 59.3 Å². The lowest BCUT2D eigenvalue weighted by molar-refractivity contribution is -0.115. The van der Waals surface area contributed by atoms with Crippen molar-refractivity contribution in [1.29, 1.82) is 0 Å². The number of furan rings is 1. The summed E-state index contributed by atoms with van der Waals surface area (Å²) in [5.74, 6) is 2.89. The third kappa shape index (κ3) is 6.34. The number of hydrogen-bond acceptors (Lipinski definition) is 2. The van der Waals surface area contributed by atoms with Crippen LogP contribution in [-0.4, -0.2) is 5.78 Å². The molecule has 2 unspecified atom stereocenters. The molecule has 0 N–H and O–H groups in total. The average molecular weight is 427 g/mol. The molecule has 1 heterocycles. The van der Waals surface area contributed by atoms with Crippen LogP contribution in [0, 0.1) is 29.6 Å². The third-order valence-electron chi connectivity index (χ3n) is 7.28. The minimum Gasteiger partial charge on any atom is -0.470 e. The minimum absolute atomic E-state index is 0.194. The lowest BCUT2D eigenvalue weighted by Gasteiger charge is -2.53. The molecule has 0 radical (unpaired) electrons. The number of allylic oxidation sites excluding steroid dienone is 4. The Morgan fingerprint density at radius 2 is 1.84 bits per heavy atom. The van der Waals surface area contributed by atoms with Crippen LogP contribution >= 0.6 is 0 Å². The van der Waals surface area contributed by atoms with Crippen molar-refractivity contribution >= 4 is 5.78 Å². The van der Waals surface area contributed by atoms with E-state index >= 15 is 0 Å². The molecule has 0 aromatic carbocycles. The second-order valence-corrected chi connectivity index (χ2v) is 9.58. The van der Waals surface area contributed by atoms with Crippen molar-refractivity contribution in [3.8, 4) is 0 Å². The van der Waals surface area contributed by atoms with Crippen LogP contribution in [0.2, 0.25) is 0 Å². The maximum atomic E-state index is 11.8. The molecule has 0 aliphatic heterocycles. The second-order valence-electron chi connectivity index (χ2n) is 9.58. The van der Waals surface area contributed by atoms with Gasteiger partial charge in [-0.2, -0.15) is 0 Å². The quantitative estimate of drug-likeness (QED) is 0.442. The van der Waals surface area contributed by atoms with Crippen LogP contribution in [0.3, 0.4) is 0 Å². The maximum Gasteiger partial charge on any atom is 0.155 e. The van der Waals surface area contributed by atoms with Crippen LogP contribution in [0.1, 0.15) is 92.2 Å². The first-order valence-electron chi connectivity index (χ1n) is 12.2. The summed E-state index contributed by atoms with van der Waals surface area (Å²) in [5.41, 5.74) is 3.74. The van der Waals surface area contributed by atoms with E-state index in [1.165, 1.54) is 31.3 Å². The van der Waals surface area contributed by atoms with Gasteiger partial charge in [0.15, 0.2) is 5.78 Å². The minimum atomic E-state index is 0.194. The average Bonchev–Trinajstić information content (AvgIpc) is 3.25. The van der Waals surface area contributed by atoms with Gasteiger partial charge in [-0.3, -0.25) is 4.79 Å². The Hall–Kier alpha value is -1.83. The molecule has 0 spiro atoms. The van der Waals surface area contributed by atoms with Gasteiger partial charge in [0, 0.05) is 11.8 Å². The molecule has 1 aromatic heterocycles. The molecule has 0 bridgehead atoms. The van der Waals surface area contributed by atoms with Crippen LogP contribution in [0.5, 0.6) is 0 Å². The molecule has 0 amide bonds. The molecule has 1 aromatic rings. The van der Waals surface area contributed by atoms with Crippen LogP contribution in [-0.2, 0) is 4.79 Å². The van der Waals surface area contributed by atoms with Crippen molar-refractivity contribution in [2.24, 2.45) is 22.7 Å². The molecule has 3 aliphatic carbocycles. The fraction of sp³-hybridized carbons (Fsp3) is 0.621. The highest BCUT2D eigenvalue weighted by Crippen LogP contribution is 2.59. The molecule has 174 valence electrons. The van der Waals surface area contributed by atoms with Crippen molar-refractivity contribution in [1.82, 2.24) is 0 Å². The molecule has 4 rings (SSSR count). The summed E-state index contributed by atoms with van der Waals surface area (Å²) in [5, 5.41) is 0. The first-order valence-corrected chi connectivity index (χ1v) is 12.2. The Kier molecular flexibility index (Phi) is 10.8. The number of rotatable bonds is 2.